The lowest BCUT2D eigenvalue weighted by atomic mass is 9.96. The third-order valence-corrected chi connectivity index (χ3v) is 6.75. The number of hydrazone groups is 1. The van der Waals surface area contributed by atoms with Crippen molar-refractivity contribution in [1.82, 2.24) is 0 Å². The molecule has 2 N–H and O–H groups in total. The number of nitriles is 1. The van der Waals surface area contributed by atoms with Crippen molar-refractivity contribution >= 4 is 51.7 Å². The standard InChI is InChI=1S/C18H16Cl2N4OS/c19-12-7-14-15(8-13(12)20)24(25)18(23-22-14)17-11(9-21)10-5-3-1-2-4-6-16(10)26-17/h7-8,22,25H,1-6H2. The molecule has 0 bridgehead atoms. The van der Waals surface area contributed by atoms with Crippen molar-refractivity contribution in [2.45, 2.75) is 38.5 Å². The summed E-state index contributed by atoms with van der Waals surface area (Å²) in [6.07, 6.45) is 6.50. The number of nitrogens with one attached hydrogen (secondary N) is 1. The zero-order chi connectivity index (χ0) is 18.3. The second-order valence-corrected chi connectivity index (χ2v) is 8.30. The van der Waals surface area contributed by atoms with Gasteiger partial charge in [0.05, 0.1) is 31.9 Å². The molecule has 4 rings (SSSR count). The van der Waals surface area contributed by atoms with E-state index in [-0.39, 0.29) is 0 Å². The average molecular weight is 407 g/mol. The summed E-state index contributed by atoms with van der Waals surface area (Å²) in [5.41, 5.74) is 5.65. The van der Waals surface area contributed by atoms with Crippen molar-refractivity contribution in [1.29, 1.82) is 5.26 Å². The van der Waals surface area contributed by atoms with Gasteiger partial charge in [0.25, 0.3) is 0 Å². The highest BCUT2D eigenvalue weighted by Gasteiger charge is 2.29. The molecule has 134 valence electrons. The van der Waals surface area contributed by atoms with Gasteiger partial charge in [-0.1, -0.05) is 36.0 Å². The molecule has 5 nitrogen and oxygen atoms in total. The minimum Gasteiger partial charge on any atom is -0.282 e. The molecule has 1 aromatic carbocycles. The van der Waals surface area contributed by atoms with Crippen molar-refractivity contribution in [3.63, 3.8) is 0 Å². The Bertz CT molecular complexity index is 948. The molecule has 1 aliphatic carbocycles. The first kappa shape index (κ1) is 17.6. The predicted octanol–water partition coefficient (Wildman–Crippen LogP) is 5.57. The van der Waals surface area contributed by atoms with E-state index >= 15 is 0 Å². The summed E-state index contributed by atoms with van der Waals surface area (Å²) in [7, 11) is 0. The second-order valence-electron chi connectivity index (χ2n) is 6.38. The molecule has 1 aromatic heterocycles. The summed E-state index contributed by atoms with van der Waals surface area (Å²) < 4.78 is 0. The largest absolute Gasteiger partial charge is 0.282 e. The van der Waals surface area contributed by atoms with Crippen LogP contribution in [0.3, 0.4) is 0 Å². The zero-order valence-corrected chi connectivity index (χ0v) is 16.2. The first-order valence-corrected chi connectivity index (χ1v) is 10.0. The molecule has 0 unspecified atom stereocenters. The van der Waals surface area contributed by atoms with Gasteiger partial charge >= 0.3 is 0 Å². The molecular weight excluding hydrogens is 391 g/mol. The van der Waals surface area contributed by atoms with Crippen LogP contribution in [0, 0.1) is 11.3 Å². The monoisotopic (exact) mass is 406 g/mol. The van der Waals surface area contributed by atoms with Crippen molar-refractivity contribution in [2.24, 2.45) is 5.10 Å². The van der Waals surface area contributed by atoms with E-state index in [1.54, 1.807) is 23.5 Å². The van der Waals surface area contributed by atoms with E-state index in [2.05, 4.69) is 16.6 Å². The number of fused-ring (bicyclic) bond motifs is 2. The highest BCUT2D eigenvalue weighted by molar-refractivity contribution is 7.14. The Morgan fingerprint density at radius 3 is 2.65 bits per heavy atom. The first-order chi connectivity index (χ1) is 12.6. The van der Waals surface area contributed by atoms with E-state index in [0.717, 1.165) is 36.3 Å². The van der Waals surface area contributed by atoms with Crippen molar-refractivity contribution in [3.8, 4) is 6.07 Å². The number of nitrogens with zero attached hydrogens (tertiary/aromatic N) is 3. The Labute approximate surface area is 165 Å². The minimum absolute atomic E-state index is 0.309. The average Bonchev–Trinajstić information content (AvgIpc) is 2.93. The van der Waals surface area contributed by atoms with Crippen molar-refractivity contribution in [2.75, 3.05) is 10.5 Å². The Morgan fingerprint density at radius 2 is 1.88 bits per heavy atom. The van der Waals surface area contributed by atoms with Crippen LogP contribution in [0.2, 0.25) is 10.0 Å². The maximum Gasteiger partial charge on any atom is 0.196 e. The van der Waals surface area contributed by atoms with E-state index in [9.17, 15) is 10.5 Å². The number of rotatable bonds is 1. The predicted molar refractivity (Wildman–Crippen MR) is 106 cm³/mol. The lowest BCUT2D eigenvalue weighted by Gasteiger charge is -2.25. The van der Waals surface area contributed by atoms with E-state index < -0.39 is 0 Å². The van der Waals surface area contributed by atoms with Crippen molar-refractivity contribution in [3.05, 3.63) is 43.1 Å². The van der Waals surface area contributed by atoms with E-state index in [1.165, 1.54) is 17.7 Å². The summed E-state index contributed by atoms with van der Waals surface area (Å²) in [5.74, 6) is 0.309. The number of hydroxylamine groups is 1. The number of hydrogen-bond donors (Lipinski definition) is 2. The zero-order valence-electron chi connectivity index (χ0n) is 13.9. The number of amidine groups is 1. The number of anilines is 2. The Kier molecular flexibility index (Phi) is 4.80. The van der Waals surface area contributed by atoms with E-state index in [1.807, 2.05) is 0 Å². The van der Waals surface area contributed by atoms with Gasteiger partial charge in [-0.05, 0) is 43.4 Å². The molecule has 0 amide bonds. The number of thiophene rings is 1. The molecule has 0 fully saturated rings. The van der Waals surface area contributed by atoms with Gasteiger partial charge in [0, 0.05) is 4.88 Å². The lowest BCUT2D eigenvalue weighted by molar-refractivity contribution is 0.312. The van der Waals surface area contributed by atoms with Crippen LogP contribution >= 0.6 is 34.5 Å². The fourth-order valence-electron chi connectivity index (χ4n) is 3.42. The Balaban J connectivity index is 1.79. The summed E-state index contributed by atoms with van der Waals surface area (Å²) in [4.78, 5) is 1.92. The smallest absolute Gasteiger partial charge is 0.196 e. The Hall–Kier alpha value is -1.78. The highest BCUT2D eigenvalue weighted by atomic mass is 35.5. The molecule has 2 aromatic rings. The fraction of sp³-hybridized carbons (Fsp3) is 0.333. The maximum absolute atomic E-state index is 10.7. The van der Waals surface area contributed by atoms with Gasteiger partial charge < -0.3 is 0 Å². The van der Waals surface area contributed by atoms with Crippen LogP contribution in [0.4, 0.5) is 11.4 Å². The summed E-state index contributed by atoms with van der Waals surface area (Å²) in [5, 5.41) is 26.5. The third kappa shape index (κ3) is 2.95. The van der Waals surface area contributed by atoms with Crippen LogP contribution in [0.15, 0.2) is 17.2 Å². The molecule has 0 atom stereocenters. The number of halogens is 2. The van der Waals surface area contributed by atoms with Crippen LogP contribution < -0.4 is 10.5 Å². The van der Waals surface area contributed by atoms with Crippen LogP contribution in [0.25, 0.3) is 0 Å². The molecule has 0 saturated carbocycles. The first-order valence-electron chi connectivity index (χ1n) is 8.47. The van der Waals surface area contributed by atoms with Crippen molar-refractivity contribution < 1.29 is 5.21 Å². The highest BCUT2D eigenvalue weighted by Crippen LogP contribution is 2.40. The molecule has 8 heteroatoms. The van der Waals surface area contributed by atoms with E-state index in [4.69, 9.17) is 23.2 Å². The molecule has 0 radical (unpaired) electrons. The normalized spacial score (nSPS) is 16.5. The topological polar surface area (TPSA) is 71.7 Å². The van der Waals surface area contributed by atoms with E-state index in [0.29, 0.717) is 37.7 Å². The van der Waals surface area contributed by atoms with Gasteiger partial charge in [0.15, 0.2) is 5.84 Å². The summed E-state index contributed by atoms with van der Waals surface area (Å²) in [6, 6.07) is 5.52. The molecule has 2 aliphatic rings. The number of aryl methyl sites for hydroxylation is 1. The van der Waals surface area contributed by atoms with Gasteiger partial charge in [-0.15, -0.1) is 11.3 Å². The maximum atomic E-state index is 10.7. The van der Waals surface area contributed by atoms with Crippen LogP contribution in [-0.2, 0) is 12.8 Å². The van der Waals surface area contributed by atoms with Gasteiger partial charge in [-0.3, -0.25) is 10.6 Å². The molecule has 0 saturated heterocycles. The van der Waals surface area contributed by atoms with Crippen LogP contribution in [-0.4, -0.2) is 11.0 Å². The van der Waals surface area contributed by atoms with Crippen LogP contribution in [0.1, 0.15) is 46.6 Å². The number of benzene rings is 1. The molecule has 2 heterocycles. The third-order valence-electron chi connectivity index (χ3n) is 4.74. The van der Waals surface area contributed by atoms with Gasteiger partial charge in [-0.25, -0.2) is 5.06 Å². The summed E-state index contributed by atoms with van der Waals surface area (Å²) >= 11 is 13.7. The number of hydrogen-bond acceptors (Lipinski definition) is 6. The Morgan fingerprint density at radius 1 is 1.15 bits per heavy atom. The molecule has 0 spiro atoms. The fourth-order valence-corrected chi connectivity index (χ4v) is 5.05. The van der Waals surface area contributed by atoms with Gasteiger partial charge in [-0.2, -0.15) is 10.4 Å². The second kappa shape index (κ2) is 7.09. The van der Waals surface area contributed by atoms with Gasteiger partial charge in [0.1, 0.15) is 6.07 Å². The molecular formula is C18H16Cl2N4OS. The quantitative estimate of drug-likeness (QED) is 0.649. The molecule has 1 aliphatic heterocycles. The van der Waals surface area contributed by atoms with Gasteiger partial charge in [0.2, 0.25) is 0 Å². The summed E-state index contributed by atoms with van der Waals surface area (Å²) in [6.45, 7) is 0. The molecule has 26 heavy (non-hydrogen) atoms. The minimum atomic E-state index is 0.309. The lowest BCUT2D eigenvalue weighted by Crippen LogP contribution is -2.32. The SMILES string of the molecule is N#Cc1c(C2=NNc3cc(Cl)c(Cl)cc3N2O)sc2c1CCCCCC2. The van der Waals surface area contributed by atoms with Crippen LogP contribution in [0.5, 0.6) is 0 Å².